The molecule has 2 aliphatic rings. The Balaban J connectivity index is 0.000000430. The van der Waals surface area contributed by atoms with Gasteiger partial charge < -0.3 is 26.4 Å². The monoisotopic (exact) mass is 485 g/mol. The number of carbonyl (C=O) groups is 1. The summed E-state index contributed by atoms with van der Waals surface area (Å²) in [5.74, 6) is -0.0679. The van der Waals surface area contributed by atoms with Gasteiger partial charge in [-0.3, -0.25) is 9.79 Å². The highest BCUT2D eigenvalue weighted by molar-refractivity contribution is 5.97. The Morgan fingerprint density at radius 1 is 1.18 bits per heavy atom. The first-order valence-electron chi connectivity index (χ1n) is 11.9. The molecule has 34 heavy (non-hydrogen) atoms. The van der Waals surface area contributed by atoms with E-state index >= 15 is 0 Å². The lowest BCUT2D eigenvalue weighted by atomic mass is 10.0. The van der Waals surface area contributed by atoms with Crippen molar-refractivity contribution in [3.8, 4) is 0 Å². The number of amides is 1. The van der Waals surface area contributed by atoms with Crippen LogP contribution in [0.15, 0.2) is 23.2 Å². The van der Waals surface area contributed by atoms with Crippen molar-refractivity contribution >= 4 is 11.7 Å². The van der Waals surface area contributed by atoms with Crippen LogP contribution in [0.3, 0.4) is 0 Å². The summed E-state index contributed by atoms with van der Waals surface area (Å²) in [6, 6.07) is 4.26. The van der Waals surface area contributed by atoms with Crippen molar-refractivity contribution in [1.29, 1.82) is 0 Å². The highest BCUT2D eigenvalue weighted by Gasteiger charge is 2.32. The predicted octanol–water partition coefficient (Wildman–Crippen LogP) is 3.25. The van der Waals surface area contributed by atoms with Crippen molar-refractivity contribution < 1.29 is 22.7 Å². The van der Waals surface area contributed by atoms with Gasteiger partial charge in [0.2, 0.25) is 5.91 Å². The van der Waals surface area contributed by atoms with Crippen LogP contribution in [-0.4, -0.2) is 56.2 Å². The predicted molar refractivity (Wildman–Crippen MR) is 127 cm³/mol. The fraction of sp³-hybridized carbons (Fsp3) is 0.667. The van der Waals surface area contributed by atoms with E-state index in [2.05, 4.69) is 10.3 Å². The number of halogens is 3. The van der Waals surface area contributed by atoms with Crippen LogP contribution in [0.1, 0.15) is 62.1 Å². The van der Waals surface area contributed by atoms with Gasteiger partial charge in [0.25, 0.3) is 0 Å². The lowest BCUT2D eigenvalue weighted by Gasteiger charge is -2.25. The summed E-state index contributed by atoms with van der Waals surface area (Å²) in [5, 5.41) is 3.22. The Morgan fingerprint density at radius 2 is 1.82 bits per heavy atom. The van der Waals surface area contributed by atoms with E-state index in [-0.39, 0.29) is 36.4 Å². The van der Waals surface area contributed by atoms with Crippen molar-refractivity contribution in [3.05, 3.63) is 34.9 Å². The van der Waals surface area contributed by atoms with Gasteiger partial charge in [-0.05, 0) is 63.4 Å². The molecule has 0 radical (unpaired) electrons. The van der Waals surface area contributed by atoms with Gasteiger partial charge in [0.05, 0.1) is 12.2 Å². The van der Waals surface area contributed by atoms with Gasteiger partial charge in [0.1, 0.15) is 5.84 Å². The Hall–Kier alpha value is -2.17. The summed E-state index contributed by atoms with van der Waals surface area (Å²) in [6.45, 7) is 4.13. The van der Waals surface area contributed by atoms with E-state index in [1.54, 1.807) is 4.90 Å². The van der Waals surface area contributed by atoms with Crippen molar-refractivity contribution in [1.82, 2.24) is 10.2 Å². The third-order valence-corrected chi connectivity index (χ3v) is 6.28. The van der Waals surface area contributed by atoms with Crippen LogP contribution >= 0.6 is 0 Å². The van der Waals surface area contributed by atoms with Gasteiger partial charge >= 0.3 is 6.18 Å². The van der Waals surface area contributed by atoms with Crippen LogP contribution in [-0.2, 0) is 22.3 Å². The van der Waals surface area contributed by atoms with Crippen molar-refractivity contribution in [2.75, 3.05) is 33.5 Å². The van der Waals surface area contributed by atoms with Crippen LogP contribution in [0.2, 0.25) is 0 Å². The fourth-order valence-electron chi connectivity index (χ4n) is 4.27. The molecule has 0 atom stereocenters. The molecule has 192 valence electrons. The van der Waals surface area contributed by atoms with Crippen LogP contribution in [0.4, 0.5) is 13.2 Å². The summed E-state index contributed by atoms with van der Waals surface area (Å²) in [6.07, 6.45) is 1.58. The molecule has 7 nitrogen and oxygen atoms in total. The molecule has 1 heterocycles. The number of ether oxygens (including phenoxy) is 1. The first-order valence-corrected chi connectivity index (χ1v) is 11.9. The minimum absolute atomic E-state index is 0.00700. The van der Waals surface area contributed by atoms with Crippen molar-refractivity contribution in [2.45, 2.75) is 64.2 Å². The Morgan fingerprint density at radius 3 is 2.32 bits per heavy atom. The molecule has 0 unspecified atom stereocenters. The highest BCUT2D eigenvalue weighted by atomic mass is 19.4. The van der Waals surface area contributed by atoms with Crippen molar-refractivity contribution in [3.63, 3.8) is 0 Å². The molecular weight excluding hydrogens is 447 g/mol. The number of hydrogen-bond donors (Lipinski definition) is 3. The Bertz CT molecular complexity index is 804. The summed E-state index contributed by atoms with van der Waals surface area (Å²) in [7, 11) is 2.01. The van der Waals surface area contributed by atoms with Gasteiger partial charge in [0.15, 0.2) is 0 Å². The number of nitrogens with zero attached hydrogens (tertiary/aromatic N) is 2. The lowest BCUT2D eigenvalue weighted by Crippen LogP contribution is -2.34. The van der Waals surface area contributed by atoms with Gasteiger partial charge in [-0.1, -0.05) is 12.8 Å². The Kier molecular flexibility index (Phi) is 11.3. The highest BCUT2D eigenvalue weighted by Crippen LogP contribution is 2.32. The van der Waals surface area contributed by atoms with Crippen molar-refractivity contribution in [2.24, 2.45) is 22.4 Å². The maximum absolute atomic E-state index is 13.2. The first-order chi connectivity index (χ1) is 16.2. The average molecular weight is 486 g/mol. The van der Waals surface area contributed by atoms with Crippen LogP contribution < -0.4 is 16.8 Å². The molecule has 2 fully saturated rings. The minimum atomic E-state index is -4.51. The molecule has 0 bridgehead atoms. The van der Waals surface area contributed by atoms with Gasteiger partial charge in [-0.25, -0.2) is 0 Å². The van der Waals surface area contributed by atoms with E-state index in [0.29, 0.717) is 18.2 Å². The standard InChI is InChI=1S/C18H25F3N4O.C6H13NO/c1-2-25(17(26)13-5-3-4-6-13)10-12-7-14(16(23)24-11-22)9-15(8-12)18(19,20)21;1-7-6-2-4-8-5-3-6/h7-9,13H,2-6,10-11,22H2,1H3,(H2,23,24);6-7H,2-5H2,1H3. The van der Waals surface area contributed by atoms with E-state index in [0.717, 1.165) is 51.0 Å². The summed E-state index contributed by atoms with van der Waals surface area (Å²) >= 11 is 0. The largest absolute Gasteiger partial charge is 0.416 e. The summed E-state index contributed by atoms with van der Waals surface area (Å²) in [4.78, 5) is 18.0. The molecule has 1 aliphatic heterocycles. The normalized spacial score (nSPS) is 17.9. The number of nitrogens with one attached hydrogen (secondary N) is 1. The zero-order valence-electron chi connectivity index (χ0n) is 20.2. The molecule has 1 aliphatic carbocycles. The molecule has 1 aromatic rings. The molecule has 1 aromatic carbocycles. The Labute approximate surface area is 200 Å². The second-order valence-electron chi connectivity index (χ2n) is 8.65. The lowest BCUT2D eigenvalue weighted by molar-refractivity contribution is -0.137. The smallest absolute Gasteiger partial charge is 0.383 e. The minimum Gasteiger partial charge on any atom is -0.383 e. The van der Waals surface area contributed by atoms with E-state index in [9.17, 15) is 18.0 Å². The molecule has 0 spiro atoms. The molecule has 0 aromatic heterocycles. The van der Waals surface area contributed by atoms with E-state index in [4.69, 9.17) is 16.2 Å². The van der Waals surface area contributed by atoms with Gasteiger partial charge in [-0.15, -0.1) is 0 Å². The molecule has 1 saturated heterocycles. The van der Waals surface area contributed by atoms with Gasteiger partial charge in [0, 0.05) is 43.8 Å². The zero-order valence-corrected chi connectivity index (χ0v) is 20.2. The second kappa shape index (κ2) is 13.7. The number of carbonyl (C=O) groups excluding carboxylic acids is 1. The second-order valence-corrected chi connectivity index (χ2v) is 8.65. The number of amidine groups is 1. The molecule has 1 saturated carbocycles. The maximum Gasteiger partial charge on any atom is 0.416 e. The third kappa shape index (κ3) is 8.56. The number of alkyl halides is 3. The SMILES string of the molecule is CCN(Cc1cc(/C(N)=N/CN)cc(C(F)(F)F)c1)C(=O)C1CCCC1.CNC1CCOCC1. The molecule has 10 heteroatoms. The van der Waals surface area contributed by atoms with E-state index < -0.39 is 11.7 Å². The van der Waals surface area contributed by atoms with E-state index in [1.165, 1.54) is 18.9 Å². The topological polar surface area (TPSA) is 106 Å². The third-order valence-electron chi connectivity index (χ3n) is 6.28. The van der Waals surface area contributed by atoms with Crippen LogP contribution in [0, 0.1) is 5.92 Å². The molecule has 5 N–H and O–H groups in total. The molecule has 3 rings (SSSR count). The average Bonchev–Trinajstić information content (AvgIpc) is 3.37. The number of aliphatic imine (C=N–C) groups is 1. The zero-order chi connectivity index (χ0) is 25.1. The fourth-order valence-corrected chi connectivity index (χ4v) is 4.27. The van der Waals surface area contributed by atoms with Gasteiger partial charge in [-0.2, -0.15) is 13.2 Å². The van der Waals surface area contributed by atoms with E-state index in [1.807, 2.05) is 14.0 Å². The number of hydrogen-bond acceptors (Lipinski definition) is 5. The summed E-state index contributed by atoms with van der Waals surface area (Å²) in [5.41, 5.74) is 10.7. The quantitative estimate of drug-likeness (QED) is 0.406. The number of benzene rings is 1. The van der Waals surface area contributed by atoms with Crippen LogP contribution in [0.5, 0.6) is 0 Å². The number of nitrogens with two attached hydrogens (primary N) is 2. The number of rotatable bonds is 7. The molecule has 1 amide bonds. The summed E-state index contributed by atoms with van der Waals surface area (Å²) < 4.78 is 44.9. The maximum atomic E-state index is 13.2. The molecular formula is C24H38F3N5O2. The first kappa shape index (κ1) is 28.1. The van der Waals surface area contributed by atoms with Crippen LogP contribution in [0.25, 0.3) is 0 Å².